The van der Waals surface area contributed by atoms with Gasteiger partial charge in [-0.05, 0) is 30.7 Å². The summed E-state index contributed by atoms with van der Waals surface area (Å²) in [7, 11) is -3.82. The van der Waals surface area contributed by atoms with Crippen molar-refractivity contribution in [1.82, 2.24) is 9.71 Å². The van der Waals surface area contributed by atoms with E-state index in [9.17, 15) is 12.8 Å². The second kappa shape index (κ2) is 5.87. The summed E-state index contributed by atoms with van der Waals surface area (Å²) in [4.78, 5) is 3.64. The van der Waals surface area contributed by atoms with Crippen LogP contribution in [0.2, 0.25) is 5.02 Å². The van der Waals surface area contributed by atoms with Crippen LogP contribution in [0.5, 0.6) is 0 Å². The van der Waals surface area contributed by atoms with Gasteiger partial charge in [-0.15, -0.1) is 0 Å². The molecular formula is C13H12ClFN2O2S. The normalized spacial score (nSPS) is 13.2. The van der Waals surface area contributed by atoms with Crippen LogP contribution in [-0.2, 0) is 10.0 Å². The van der Waals surface area contributed by atoms with Gasteiger partial charge < -0.3 is 0 Å². The molecule has 0 amide bonds. The zero-order valence-corrected chi connectivity index (χ0v) is 12.1. The van der Waals surface area contributed by atoms with E-state index in [0.29, 0.717) is 5.56 Å². The Labute approximate surface area is 121 Å². The third-order valence-electron chi connectivity index (χ3n) is 2.70. The molecule has 0 radical (unpaired) electrons. The van der Waals surface area contributed by atoms with E-state index in [-0.39, 0.29) is 9.92 Å². The molecule has 2 rings (SSSR count). The van der Waals surface area contributed by atoms with Crippen molar-refractivity contribution in [3.63, 3.8) is 0 Å². The lowest BCUT2D eigenvalue weighted by Crippen LogP contribution is -2.27. The van der Waals surface area contributed by atoms with E-state index < -0.39 is 21.9 Å². The number of pyridine rings is 1. The molecule has 0 fully saturated rings. The van der Waals surface area contributed by atoms with Gasteiger partial charge in [0.25, 0.3) is 0 Å². The lowest BCUT2D eigenvalue weighted by Gasteiger charge is -2.15. The molecule has 1 aromatic carbocycles. The van der Waals surface area contributed by atoms with Gasteiger partial charge in [-0.3, -0.25) is 4.98 Å². The van der Waals surface area contributed by atoms with Gasteiger partial charge in [0.2, 0.25) is 10.0 Å². The van der Waals surface area contributed by atoms with Crippen molar-refractivity contribution in [2.75, 3.05) is 0 Å². The molecule has 0 aliphatic rings. The van der Waals surface area contributed by atoms with Crippen molar-refractivity contribution in [3.05, 3.63) is 59.1 Å². The summed E-state index contributed by atoms with van der Waals surface area (Å²) in [5.41, 5.74) is 0.522. The Hall–Kier alpha value is -1.50. The molecule has 0 saturated carbocycles. The Morgan fingerprint density at radius 1 is 1.35 bits per heavy atom. The first-order valence-electron chi connectivity index (χ1n) is 5.77. The number of benzene rings is 1. The summed E-state index contributed by atoms with van der Waals surface area (Å²) in [6.45, 7) is 1.62. The van der Waals surface area contributed by atoms with Crippen LogP contribution in [0.3, 0.4) is 0 Å². The fourth-order valence-corrected chi connectivity index (χ4v) is 3.36. The minimum Gasteiger partial charge on any atom is -0.263 e. The summed E-state index contributed by atoms with van der Waals surface area (Å²) in [5, 5.41) is 0.0824. The van der Waals surface area contributed by atoms with Crippen molar-refractivity contribution < 1.29 is 12.8 Å². The van der Waals surface area contributed by atoms with E-state index in [1.54, 1.807) is 13.0 Å². The summed E-state index contributed by atoms with van der Waals surface area (Å²) in [6.07, 6.45) is 2.57. The van der Waals surface area contributed by atoms with Gasteiger partial charge >= 0.3 is 0 Å². The van der Waals surface area contributed by atoms with Crippen molar-refractivity contribution in [2.24, 2.45) is 0 Å². The molecule has 7 heteroatoms. The maximum Gasteiger partial charge on any atom is 0.244 e. The van der Waals surface area contributed by atoms with Crippen molar-refractivity contribution in [3.8, 4) is 0 Å². The van der Waals surface area contributed by atoms with Gasteiger partial charge in [0, 0.05) is 18.4 Å². The molecule has 0 saturated heterocycles. The van der Waals surface area contributed by atoms with Crippen LogP contribution in [0, 0.1) is 5.82 Å². The van der Waals surface area contributed by atoms with E-state index in [2.05, 4.69) is 9.71 Å². The number of sulfonamides is 1. The van der Waals surface area contributed by atoms with Crippen LogP contribution in [0.4, 0.5) is 4.39 Å². The minimum absolute atomic E-state index is 0.0824. The van der Waals surface area contributed by atoms with Gasteiger partial charge in [-0.1, -0.05) is 23.7 Å². The van der Waals surface area contributed by atoms with Crippen molar-refractivity contribution in [2.45, 2.75) is 17.9 Å². The topological polar surface area (TPSA) is 59.1 Å². The predicted molar refractivity (Wildman–Crippen MR) is 74.4 cm³/mol. The minimum atomic E-state index is -3.82. The monoisotopic (exact) mass is 314 g/mol. The third-order valence-corrected chi connectivity index (χ3v) is 4.71. The highest BCUT2D eigenvalue weighted by Gasteiger charge is 2.21. The first kappa shape index (κ1) is 14.9. The summed E-state index contributed by atoms with van der Waals surface area (Å²) < 4.78 is 40.0. The number of aromatic nitrogens is 1. The first-order chi connectivity index (χ1) is 9.40. The first-order valence-corrected chi connectivity index (χ1v) is 7.63. The average Bonchev–Trinajstić information content (AvgIpc) is 2.38. The van der Waals surface area contributed by atoms with E-state index in [4.69, 9.17) is 11.6 Å². The quantitative estimate of drug-likeness (QED) is 0.944. The number of nitrogens with one attached hydrogen (secondary N) is 1. The Balaban J connectivity index is 2.27. The SMILES string of the molecule is CC(NS(=O)(=O)c1cnccc1Cl)c1cccc(F)c1. The highest BCUT2D eigenvalue weighted by molar-refractivity contribution is 7.89. The van der Waals surface area contributed by atoms with E-state index in [0.717, 1.165) is 0 Å². The Kier molecular flexibility index (Phi) is 4.37. The second-order valence-corrected chi connectivity index (χ2v) is 6.29. The molecule has 0 aliphatic heterocycles. The molecule has 4 nitrogen and oxygen atoms in total. The molecule has 1 atom stereocenters. The van der Waals surface area contributed by atoms with Crippen LogP contribution in [0.25, 0.3) is 0 Å². The van der Waals surface area contributed by atoms with Crippen molar-refractivity contribution >= 4 is 21.6 Å². The fourth-order valence-electron chi connectivity index (χ4n) is 1.70. The summed E-state index contributed by atoms with van der Waals surface area (Å²) in [5.74, 6) is -0.423. The number of hydrogen-bond acceptors (Lipinski definition) is 3. The summed E-state index contributed by atoms with van der Waals surface area (Å²) in [6, 6.07) is 6.53. The van der Waals surface area contributed by atoms with Gasteiger partial charge in [0.1, 0.15) is 10.7 Å². The molecule has 0 spiro atoms. The molecule has 0 aliphatic carbocycles. The molecule has 1 unspecified atom stereocenters. The molecular weight excluding hydrogens is 303 g/mol. The fraction of sp³-hybridized carbons (Fsp3) is 0.154. The van der Waals surface area contributed by atoms with Crippen molar-refractivity contribution in [1.29, 1.82) is 0 Å². The standard InChI is InChI=1S/C13H12ClFN2O2S/c1-9(10-3-2-4-11(15)7-10)17-20(18,19)13-8-16-6-5-12(13)14/h2-9,17H,1H3. The number of hydrogen-bond donors (Lipinski definition) is 1. The van der Waals surface area contributed by atoms with Crippen LogP contribution >= 0.6 is 11.6 Å². The second-order valence-electron chi connectivity index (χ2n) is 4.20. The third kappa shape index (κ3) is 3.33. The molecule has 1 heterocycles. The zero-order chi connectivity index (χ0) is 14.8. The van der Waals surface area contributed by atoms with Gasteiger partial charge in [-0.25, -0.2) is 17.5 Å². The van der Waals surface area contributed by atoms with Gasteiger partial charge in [0.15, 0.2) is 0 Å². The molecule has 20 heavy (non-hydrogen) atoms. The predicted octanol–water partition coefficient (Wildman–Crippen LogP) is 2.91. The van der Waals surface area contributed by atoms with Gasteiger partial charge in [0.05, 0.1) is 5.02 Å². The summed E-state index contributed by atoms with van der Waals surface area (Å²) >= 11 is 5.84. The van der Waals surface area contributed by atoms with Gasteiger partial charge in [-0.2, -0.15) is 0 Å². The Bertz CT molecular complexity index is 722. The lowest BCUT2D eigenvalue weighted by atomic mass is 10.1. The zero-order valence-electron chi connectivity index (χ0n) is 10.5. The maximum atomic E-state index is 13.1. The van der Waals surface area contributed by atoms with Crippen LogP contribution < -0.4 is 4.72 Å². The van der Waals surface area contributed by atoms with E-state index in [1.807, 2.05) is 0 Å². The number of rotatable bonds is 4. The highest BCUT2D eigenvalue weighted by atomic mass is 35.5. The molecule has 0 bridgehead atoms. The Morgan fingerprint density at radius 2 is 2.10 bits per heavy atom. The largest absolute Gasteiger partial charge is 0.263 e. The lowest BCUT2D eigenvalue weighted by molar-refractivity contribution is 0.564. The molecule has 2 aromatic rings. The maximum absolute atomic E-state index is 13.1. The van der Waals surface area contributed by atoms with E-state index in [1.165, 1.54) is 36.7 Å². The molecule has 1 aromatic heterocycles. The average molecular weight is 315 g/mol. The molecule has 1 N–H and O–H groups in total. The number of halogens is 2. The van der Waals surface area contributed by atoms with Crippen LogP contribution in [0.1, 0.15) is 18.5 Å². The Morgan fingerprint density at radius 3 is 2.75 bits per heavy atom. The number of nitrogens with zero attached hydrogens (tertiary/aromatic N) is 1. The van der Waals surface area contributed by atoms with Crippen LogP contribution in [0.15, 0.2) is 47.6 Å². The van der Waals surface area contributed by atoms with E-state index >= 15 is 0 Å². The smallest absolute Gasteiger partial charge is 0.244 e. The molecule has 106 valence electrons. The van der Waals surface area contributed by atoms with Crippen LogP contribution in [-0.4, -0.2) is 13.4 Å². The highest BCUT2D eigenvalue weighted by Crippen LogP contribution is 2.22.